The number of sulfonamides is 1. The number of aromatic nitrogens is 2. The van der Waals surface area contributed by atoms with Crippen LogP contribution in [0.2, 0.25) is 0 Å². The Kier molecular flexibility index (Phi) is 3.26. The molecule has 1 aromatic heterocycles. The summed E-state index contributed by atoms with van der Waals surface area (Å²) in [5.74, 6) is 0. The van der Waals surface area contributed by atoms with E-state index in [2.05, 4.69) is 4.98 Å². The van der Waals surface area contributed by atoms with Crippen molar-refractivity contribution in [3.05, 3.63) is 48.4 Å². The third-order valence-corrected chi connectivity index (χ3v) is 3.20. The molecule has 90 valence electrons. The van der Waals surface area contributed by atoms with E-state index in [0.29, 0.717) is 6.54 Å². The van der Waals surface area contributed by atoms with Gasteiger partial charge in [-0.3, -0.25) is 0 Å². The zero-order valence-corrected chi connectivity index (χ0v) is 9.97. The van der Waals surface area contributed by atoms with Gasteiger partial charge in [0.1, 0.15) is 0 Å². The molecular formula is C11H13N3O2S. The van der Waals surface area contributed by atoms with Gasteiger partial charge in [0.2, 0.25) is 0 Å². The minimum absolute atomic E-state index is 0.0921. The standard InChI is InChI=1S/C11H13N3O2S/c12-17(15,16)11-8-14(9-13-11)7-6-10-4-2-1-3-5-10/h1-5,8-9H,6-7H2,(H2,12,15,16). The summed E-state index contributed by atoms with van der Waals surface area (Å²) in [7, 11) is -3.70. The van der Waals surface area contributed by atoms with Gasteiger partial charge in [0.05, 0.1) is 6.33 Å². The second-order valence-electron chi connectivity index (χ2n) is 3.73. The topological polar surface area (TPSA) is 78.0 Å². The van der Waals surface area contributed by atoms with Crippen molar-refractivity contribution in [2.24, 2.45) is 5.14 Å². The van der Waals surface area contributed by atoms with Crippen LogP contribution in [0.4, 0.5) is 0 Å². The van der Waals surface area contributed by atoms with E-state index in [1.165, 1.54) is 18.1 Å². The van der Waals surface area contributed by atoms with Crippen LogP contribution >= 0.6 is 0 Å². The van der Waals surface area contributed by atoms with Gasteiger partial charge in [-0.15, -0.1) is 0 Å². The molecule has 0 saturated carbocycles. The summed E-state index contributed by atoms with van der Waals surface area (Å²) >= 11 is 0. The van der Waals surface area contributed by atoms with E-state index in [-0.39, 0.29) is 5.03 Å². The van der Waals surface area contributed by atoms with Crippen LogP contribution < -0.4 is 5.14 Å². The second-order valence-corrected chi connectivity index (χ2v) is 5.24. The highest BCUT2D eigenvalue weighted by molar-refractivity contribution is 7.89. The lowest BCUT2D eigenvalue weighted by Crippen LogP contribution is -2.12. The summed E-state index contributed by atoms with van der Waals surface area (Å²) in [6.45, 7) is 0.673. The van der Waals surface area contributed by atoms with Crippen molar-refractivity contribution in [3.63, 3.8) is 0 Å². The molecule has 0 unspecified atom stereocenters. The molecule has 2 rings (SSSR count). The van der Waals surface area contributed by atoms with E-state index in [4.69, 9.17) is 5.14 Å². The lowest BCUT2D eigenvalue weighted by molar-refractivity contribution is 0.594. The molecule has 6 heteroatoms. The van der Waals surface area contributed by atoms with Crippen LogP contribution in [-0.2, 0) is 23.0 Å². The Morgan fingerprint density at radius 1 is 1.24 bits per heavy atom. The molecule has 0 atom stereocenters. The summed E-state index contributed by atoms with van der Waals surface area (Å²) in [5.41, 5.74) is 1.19. The van der Waals surface area contributed by atoms with Crippen molar-refractivity contribution < 1.29 is 8.42 Å². The number of nitrogens with two attached hydrogens (primary N) is 1. The van der Waals surface area contributed by atoms with E-state index in [1.54, 1.807) is 4.57 Å². The van der Waals surface area contributed by atoms with Crippen LogP contribution in [0.25, 0.3) is 0 Å². The van der Waals surface area contributed by atoms with Crippen molar-refractivity contribution in [2.45, 2.75) is 18.0 Å². The van der Waals surface area contributed by atoms with E-state index in [1.807, 2.05) is 30.3 Å². The number of aryl methyl sites for hydroxylation is 2. The van der Waals surface area contributed by atoms with E-state index < -0.39 is 10.0 Å². The highest BCUT2D eigenvalue weighted by Crippen LogP contribution is 2.05. The summed E-state index contributed by atoms with van der Waals surface area (Å²) in [6, 6.07) is 9.95. The summed E-state index contributed by atoms with van der Waals surface area (Å²) in [4.78, 5) is 3.75. The molecule has 0 aliphatic heterocycles. The number of benzene rings is 1. The van der Waals surface area contributed by atoms with Gasteiger partial charge in [0.25, 0.3) is 10.0 Å². The van der Waals surface area contributed by atoms with Crippen LogP contribution in [0.15, 0.2) is 47.9 Å². The molecule has 0 aliphatic carbocycles. The molecule has 2 aromatic rings. The Labute approximate surface area is 100.0 Å². The largest absolute Gasteiger partial charge is 0.336 e. The number of imidazole rings is 1. The monoisotopic (exact) mass is 251 g/mol. The Morgan fingerprint density at radius 2 is 1.94 bits per heavy atom. The van der Waals surface area contributed by atoms with Crippen molar-refractivity contribution >= 4 is 10.0 Å². The first-order valence-electron chi connectivity index (χ1n) is 5.14. The van der Waals surface area contributed by atoms with Crippen molar-refractivity contribution in [1.29, 1.82) is 0 Å². The highest BCUT2D eigenvalue weighted by atomic mass is 32.2. The fourth-order valence-electron chi connectivity index (χ4n) is 1.51. The average Bonchev–Trinajstić information content (AvgIpc) is 2.76. The first kappa shape index (κ1) is 11.8. The maximum atomic E-state index is 11.0. The number of rotatable bonds is 4. The number of nitrogens with zero attached hydrogens (tertiary/aromatic N) is 2. The molecule has 0 radical (unpaired) electrons. The molecule has 2 N–H and O–H groups in total. The quantitative estimate of drug-likeness (QED) is 0.872. The second kappa shape index (κ2) is 4.68. The van der Waals surface area contributed by atoms with Gasteiger partial charge in [0, 0.05) is 12.7 Å². The molecule has 1 aromatic carbocycles. The summed E-state index contributed by atoms with van der Waals surface area (Å²) in [6.07, 6.45) is 3.74. The van der Waals surface area contributed by atoms with Crippen molar-refractivity contribution in [2.75, 3.05) is 0 Å². The molecule has 1 heterocycles. The summed E-state index contributed by atoms with van der Waals surface area (Å²) in [5, 5.41) is 4.88. The van der Waals surface area contributed by atoms with Crippen LogP contribution in [0.3, 0.4) is 0 Å². The molecule has 0 spiro atoms. The molecule has 0 bridgehead atoms. The van der Waals surface area contributed by atoms with Crippen molar-refractivity contribution in [1.82, 2.24) is 9.55 Å². The van der Waals surface area contributed by atoms with Crippen LogP contribution in [0, 0.1) is 0 Å². The Morgan fingerprint density at radius 3 is 2.53 bits per heavy atom. The van der Waals surface area contributed by atoms with Gasteiger partial charge in [-0.05, 0) is 12.0 Å². The molecule has 5 nitrogen and oxygen atoms in total. The number of hydrogen-bond acceptors (Lipinski definition) is 3. The van der Waals surface area contributed by atoms with E-state index in [0.717, 1.165) is 6.42 Å². The first-order valence-corrected chi connectivity index (χ1v) is 6.69. The molecule has 0 fully saturated rings. The number of primary sulfonamides is 1. The Bertz CT molecular complexity index is 590. The van der Waals surface area contributed by atoms with Crippen LogP contribution in [-0.4, -0.2) is 18.0 Å². The predicted octanol–water partition coefficient (Wildman–Crippen LogP) is 0.773. The van der Waals surface area contributed by atoms with E-state index >= 15 is 0 Å². The maximum absolute atomic E-state index is 11.0. The minimum atomic E-state index is -3.70. The van der Waals surface area contributed by atoms with Gasteiger partial charge < -0.3 is 4.57 Å². The smallest absolute Gasteiger partial charge is 0.257 e. The Balaban J connectivity index is 2.04. The average molecular weight is 251 g/mol. The summed E-state index contributed by atoms with van der Waals surface area (Å²) < 4.78 is 23.8. The van der Waals surface area contributed by atoms with Gasteiger partial charge in [-0.25, -0.2) is 18.5 Å². The van der Waals surface area contributed by atoms with Crippen LogP contribution in [0.5, 0.6) is 0 Å². The fourth-order valence-corrected chi connectivity index (χ4v) is 1.99. The third kappa shape index (κ3) is 3.15. The van der Waals surface area contributed by atoms with Gasteiger partial charge in [0.15, 0.2) is 5.03 Å². The maximum Gasteiger partial charge on any atom is 0.257 e. The minimum Gasteiger partial charge on any atom is -0.336 e. The zero-order chi connectivity index (χ0) is 12.3. The zero-order valence-electron chi connectivity index (χ0n) is 9.15. The van der Waals surface area contributed by atoms with E-state index in [9.17, 15) is 8.42 Å². The molecule has 0 amide bonds. The van der Waals surface area contributed by atoms with Crippen molar-refractivity contribution in [3.8, 4) is 0 Å². The Hall–Kier alpha value is -1.66. The SMILES string of the molecule is NS(=O)(=O)c1cn(CCc2ccccc2)cn1. The van der Waals surface area contributed by atoms with Gasteiger partial charge in [-0.1, -0.05) is 30.3 Å². The highest BCUT2D eigenvalue weighted by Gasteiger charge is 2.10. The molecule has 0 saturated heterocycles. The molecular weight excluding hydrogens is 238 g/mol. The fraction of sp³-hybridized carbons (Fsp3) is 0.182. The van der Waals surface area contributed by atoms with Gasteiger partial charge in [-0.2, -0.15) is 0 Å². The third-order valence-electron chi connectivity index (χ3n) is 2.40. The van der Waals surface area contributed by atoms with Crippen LogP contribution in [0.1, 0.15) is 5.56 Å². The normalized spacial score (nSPS) is 11.6. The lowest BCUT2D eigenvalue weighted by Gasteiger charge is -2.01. The number of hydrogen-bond donors (Lipinski definition) is 1. The molecule has 0 aliphatic rings. The van der Waals surface area contributed by atoms with Gasteiger partial charge >= 0.3 is 0 Å². The predicted molar refractivity (Wildman–Crippen MR) is 63.7 cm³/mol. The first-order chi connectivity index (χ1) is 8.05. The molecule has 17 heavy (non-hydrogen) atoms. The lowest BCUT2D eigenvalue weighted by atomic mass is 10.1.